The standard InChI is InChI=1S/C28H21N5O3/c1-34-22-14-12-19(13-15-22)16-30-35-17-23-31-27-25-24(20-8-4-2-5-9-20)26(21-10-6-3-7-11-21)36-28(25)29-18-33(27)32-23/h2-16,18H,17H2,1H3/b30-16+. The zero-order valence-corrected chi connectivity index (χ0v) is 19.4. The molecular weight excluding hydrogens is 454 g/mol. The fourth-order valence-electron chi connectivity index (χ4n) is 4.06. The van der Waals surface area contributed by atoms with Gasteiger partial charge in [0.05, 0.1) is 18.7 Å². The summed E-state index contributed by atoms with van der Waals surface area (Å²) in [6.07, 6.45) is 3.23. The fraction of sp³-hybridized carbons (Fsp3) is 0.0714. The second-order valence-corrected chi connectivity index (χ2v) is 8.04. The number of benzene rings is 3. The molecule has 0 N–H and O–H groups in total. The largest absolute Gasteiger partial charge is 0.497 e. The number of methoxy groups -OCH3 is 1. The van der Waals surface area contributed by atoms with Crippen LogP contribution < -0.4 is 4.74 Å². The van der Waals surface area contributed by atoms with Crippen LogP contribution in [0, 0.1) is 0 Å². The Bertz CT molecular complexity index is 1660. The molecule has 6 aromatic rings. The maximum absolute atomic E-state index is 6.27. The minimum atomic E-state index is 0.111. The molecule has 0 saturated carbocycles. The lowest BCUT2D eigenvalue weighted by Crippen LogP contribution is -1.93. The molecule has 0 bridgehead atoms. The molecule has 0 saturated heterocycles. The number of aromatic nitrogens is 4. The first-order valence-electron chi connectivity index (χ1n) is 11.4. The smallest absolute Gasteiger partial charge is 0.232 e. The second kappa shape index (κ2) is 9.34. The van der Waals surface area contributed by atoms with Gasteiger partial charge in [0.15, 0.2) is 18.1 Å². The number of hydrogen-bond acceptors (Lipinski definition) is 7. The molecule has 6 rings (SSSR count). The number of oxime groups is 1. The summed E-state index contributed by atoms with van der Waals surface area (Å²) in [5.74, 6) is 2.01. The summed E-state index contributed by atoms with van der Waals surface area (Å²) < 4.78 is 13.1. The number of hydrogen-bond donors (Lipinski definition) is 0. The van der Waals surface area contributed by atoms with Crippen molar-refractivity contribution in [1.29, 1.82) is 0 Å². The van der Waals surface area contributed by atoms with Crippen LogP contribution in [0.3, 0.4) is 0 Å². The molecule has 36 heavy (non-hydrogen) atoms. The maximum Gasteiger partial charge on any atom is 0.232 e. The van der Waals surface area contributed by atoms with Gasteiger partial charge in [0.1, 0.15) is 17.8 Å². The number of fused-ring (bicyclic) bond motifs is 3. The average Bonchev–Trinajstić information content (AvgIpc) is 3.54. The minimum Gasteiger partial charge on any atom is -0.497 e. The van der Waals surface area contributed by atoms with Crippen LogP contribution in [0.2, 0.25) is 0 Å². The monoisotopic (exact) mass is 475 g/mol. The lowest BCUT2D eigenvalue weighted by atomic mass is 9.99. The van der Waals surface area contributed by atoms with Gasteiger partial charge in [-0.15, -0.1) is 5.10 Å². The number of furan rings is 1. The summed E-state index contributed by atoms with van der Waals surface area (Å²) in [6, 6.07) is 27.6. The number of nitrogens with zero attached hydrogens (tertiary/aromatic N) is 5. The van der Waals surface area contributed by atoms with Crippen LogP contribution in [0.5, 0.6) is 5.75 Å². The van der Waals surface area contributed by atoms with Crippen LogP contribution in [-0.2, 0) is 11.4 Å². The number of ether oxygens (including phenoxy) is 1. The van der Waals surface area contributed by atoms with E-state index >= 15 is 0 Å². The topological polar surface area (TPSA) is 87.0 Å². The molecule has 8 nitrogen and oxygen atoms in total. The predicted molar refractivity (Wildman–Crippen MR) is 137 cm³/mol. The fourth-order valence-corrected chi connectivity index (χ4v) is 4.06. The molecule has 0 atom stereocenters. The van der Waals surface area contributed by atoms with E-state index in [9.17, 15) is 0 Å². The Morgan fingerprint density at radius 1 is 0.917 bits per heavy atom. The van der Waals surface area contributed by atoms with E-state index in [0.29, 0.717) is 17.2 Å². The van der Waals surface area contributed by atoms with E-state index in [1.807, 2.05) is 72.8 Å². The third kappa shape index (κ3) is 4.05. The van der Waals surface area contributed by atoms with Crippen molar-refractivity contribution in [2.24, 2.45) is 5.16 Å². The van der Waals surface area contributed by atoms with Gasteiger partial charge in [-0.3, -0.25) is 0 Å². The zero-order valence-electron chi connectivity index (χ0n) is 19.4. The third-order valence-electron chi connectivity index (χ3n) is 5.76. The van der Waals surface area contributed by atoms with Crippen molar-refractivity contribution >= 4 is 23.0 Å². The molecule has 8 heteroatoms. The average molecular weight is 476 g/mol. The molecule has 3 heterocycles. The summed E-state index contributed by atoms with van der Waals surface area (Å²) in [7, 11) is 1.63. The molecule has 0 unspecified atom stereocenters. The molecule has 0 aliphatic heterocycles. The SMILES string of the molecule is COc1ccc(/C=N/OCc2nc3c4c(-c5ccccc5)c(-c5ccccc5)oc4ncn3n2)cc1. The van der Waals surface area contributed by atoms with Crippen molar-refractivity contribution in [2.45, 2.75) is 6.61 Å². The maximum atomic E-state index is 6.27. The van der Waals surface area contributed by atoms with E-state index in [0.717, 1.165) is 39.1 Å². The molecule has 0 amide bonds. The third-order valence-corrected chi connectivity index (χ3v) is 5.76. The molecule has 0 fully saturated rings. The van der Waals surface area contributed by atoms with Crippen molar-refractivity contribution in [3.63, 3.8) is 0 Å². The lowest BCUT2D eigenvalue weighted by molar-refractivity contribution is 0.126. The molecular formula is C28H21N5O3. The normalized spacial score (nSPS) is 11.5. The summed E-state index contributed by atoms with van der Waals surface area (Å²) >= 11 is 0. The van der Waals surface area contributed by atoms with E-state index in [1.54, 1.807) is 24.2 Å². The second-order valence-electron chi connectivity index (χ2n) is 8.04. The Morgan fingerprint density at radius 2 is 1.64 bits per heavy atom. The Labute approximate surface area is 206 Å². The van der Waals surface area contributed by atoms with Gasteiger partial charge in [-0.25, -0.2) is 14.5 Å². The van der Waals surface area contributed by atoms with Gasteiger partial charge in [-0.2, -0.15) is 0 Å². The highest BCUT2D eigenvalue weighted by atomic mass is 16.6. The van der Waals surface area contributed by atoms with E-state index in [-0.39, 0.29) is 6.61 Å². The van der Waals surface area contributed by atoms with Crippen LogP contribution in [0.25, 0.3) is 39.2 Å². The number of rotatable bonds is 7. The summed E-state index contributed by atoms with van der Waals surface area (Å²) in [5, 5.41) is 9.37. The van der Waals surface area contributed by atoms with Gasteiger partial charge < -0.3 is 14.0 Å². The first kappa shape index (κ1) is 21.5. The van der Waals surface area contributed by atoms with E-state index < -0.39 is 0 Å². The van der Waals surface area contributed by atoms with Crippen molar-refractivity contribution in [2.75, 3.05) is 7.11 Å². The van der Waals surface area contributed by atoms with Gasteiger partial charge in [0.2, 0.25) is 5.71 Å². The molecule has 0 aliphatic rings. The zero-order chi connectivity index (χ0) is 24.3. The molecule has 0 aliphatic carbocycles. The van der Waals surface area contributed by atoms with Gasteiger partial charge in [0, 0.05) is 11.1 Å². The van der Waals surface area contributed by atoms with Gasteiger partial charge in [0.25, 0.3) is 0 Å². The van der Waals surface area contributed by atoms with Crippen molar-refractivity contribution in [3.8, 4) is 28.2 Å². The highest BCUT2D eigenvalue weighted by Gasteiger charge is 2.22. The van der Waals surface area contributed by atoms with E-state index in [2.05, 4.69) is 27.4 Å². The van der Waals surface area contributed by atoms with Crippen LogP contribution in [0.15, 0.2) is 101 Å². The quantitative estimate of drug-likeness (QED) is 0.215. The Kier molecular flexibility index (Phi) is 5.59. The highest BCUT2D eigenvalue weighted by molar-refractivity contribution is 6.07. The highest BCUT2D eigenvalue weighted by Crippen LogP contribution is 2.41. The summed E-state index contributed by atoms with van der Waals surface area (Å²) in [4.78, 5) is 14.7. The molecule has 0 spiro atoms. The lowest BCUT2D eigenvalue weighted by Gasteiger charge is -2.03. The Balaban J connectivity index is 1.36. The first-order chi connectivity index (χ1) is 17.8. The van der Waals surface area contributed by atoms with Crippen LogP contribution in [0.4, 0.5) is 0 Å². The molecule has 3 aromatic heterocycles. The van der Waals surface area contributed by atoms with Crippen LogP contribution >= 0.6 is 0 Å². The van der Waals surface area contributed by atoms with Gasteiger partial charge in [-0.05, 0) is 35.4 Å². The predicted octanol–water partition coefficient (Wildman–Crippen LogP) is 5.76. The van der Waals surface area contributed by atoms with Gasteiger partial charge >= 0.3 is 0 Å². The van der Waals surface area contributed by atoms with E-state index in [1.165, 1.54) is 0 Å². The Morgan fingerprint density at radius 3 is 2.36 bits per heavy atom. The van der Waals surface area contributed by atoms with E-state index in [4.69, 9.17) is 19.0 Å². The van der Waals surface area contributed by atoms with Crippen molar-refractivity contribution in [3.05, 3.63) is 103 Å². The van der Waals surface area contributed by atoms with Crippen molar-refractivity contribution in [1.82, 2.24) is 19.6 Å². The molecule has 176 valence electrons. The van der Waals surface area contributed by atoms with Crippen LogP contribution in [0.1, 0.15) is 11.4 Å². The molecule has 0 radical (unpaired) electrons. The first-order valence-corrected chi connectivity index (χ1v) is 11.4. The Hall–Kier alpha value is -4.98. The molecule has 3 aromatic carbocycles. The summed E-state index contributed by atoms with van der Waals surface area (Å²) in [5.41, 5.74) is 4.93. The van der Waals surface area contributed by atoms with Gasteiger partial charge in [-0.1, -0.05) is 65.8 Å². The summed E-state index contributed by atoms with van der Waals surface area (Å²) in [6.45, 7) is 0.111. The minimum absolute atomic E-state index is 0.111. The van der Waals surface area contributed by atoms with Crippen molar-refractivity contribution < 1.29 is 14.0 Å². The van der Waals surface area contributed by atoms with Crippen LogP contribution in [-0.4, -0.2) is 32.9 Å².